The van der Waals surface area contributed by atoms with Crippen molar-refractivity contribution >= 4 is 11.6 Å². The van der Waals surface area contributed by atoms with Gasteiger partial charge in [0.05, 0.1) is 29.6 Å². The molecule has 1 fully saturated rings. The van der Waals surface area contributed by atoms with Gasteiger partial charge >= 0.3 is 0 Å². The van der Waals surface area contributed by atoms with E-state index < -0.39 is 0 Å². The van der Waals surface area contributed by atoms with Crippen molar-refractivity contribution in [3.63, 3.8) is 0 Å². The van der Waals surface area contributed by atoms with E-state index in [1.807, 2.05) is 6.92 Å². The molecule has 0 bridgehead atoms. The van der Waals surface area contributed by atoms with E-state index in [-0.39, 0.29) is 18.1 Å². The third-order valence-electron chi connectivity index (χ3n) is 3.22. The third-order valence-corrected chi connectivity index (χ3v) is 3.22. The maximum absolute atomic E-state index is 12.2. The molecule has 5 heteroatoms. The van der Waals surface area contributed by atoms with E-state index in [1.165, 1.54) is 0 Å². The molecule has 1 saturated heterocycles. The van der Waals surface area contributed by atoms with Crippen molar-refractivity contribution in [3.05, 3.63) is 24.0 Å². The molecule has 1 aliphatic heterocycles. The highest BCUT2D eigenvalue weighted by atomic mass is 16.5. The molecular weight excluding hydrogens is 230 g/mol. The van der Waals surface area contributed by atoms with E-state index in [2.05, 4.69) is 15.6 Å². The van der Waals surface area contributed by atoms with E-state index in [4.69, 9.17) is 4.74 Å². The van der Waals surface area contributed by atoms with Crippen LogP contribution in [0.1, 0.15) is 30.1 Å². The summed E-state index contributed by atoms with van der Waals surface area (Å²) in [5.41, 5.74) is 1.34. The first-order chi connectivity index (χ1) is 8.72. The fourth-order valence-electron chi connectivity index (χ4n) is 2.17. The van der Waals surface area contributed by atoms with Crippen molar-refractivity contribution in [2.24, 2.45) is 0 Å². The Kier molecular flexibility index (Phi) is 4.15. The molecule has 2 unspecified atom stereocenters. The van der Waals surface area contributed by atoms with E-state index in [9.17, 15) is 4.79 Å². The standard InChI is InChI=1S/C13H19N3O2/c1-9(12-4-3-7-18-12)16-13(17)10-5-6-15-8-11(10)14-2/h5-6,8-9,12,14H,3-4,7H2,1-2H3,(H,16,17). The zero-order valence-corrected chi connectivity index (χ0v) is 10.8. The molecule has 2 rings (SSSR count). The van der Waals surface area contributed by atoms with Crippen LogP contribution >= 0.6 is 0 Å². The zero-order chi connectivity index (χ0) is 13.0. The van der Waals surface area contributed by atoms with Gasteiger partial charge in [-0.05, 0) is 25.8 Å². The summed E-state index contributed by atoms with van der Waals surface area (Å²) in [5.74, 6) is -0.0928. The second kappa shape index (κ2) is 5.82. The van der Waals surface area contributed by atoms with Crippen LogP contribution in [-0.2, 0) is 4.74 Å². The average molecular weight is 249 g/mol. The molecule has 0 saturated carbocycles. The summed E-state index contributed by atoms with van der Waals surface area (Å²) in [6, 6.07) is 1.74. The predicted octanol–water partition coefficient (Wildman–Crippen LogP) is 1.42. The van der Waals surface area contributed by atoms with Crippen LogP contribution in [0, 0.1) is 0 Å². The number of carbonyl (C=O) groups excluding carboxylic acids is 1. The van der Waals surface area contributed by atoms with Crippen LogP contribution in [0.2, 0.25) is 0 Å². The van der Waals surface area contributed by atoms with Gasteiger partial charge in [-0.15, -0.1) is 0 Å². The average Bonchev–Trinajstić information content (AvgIpc) is 2.92. The largest absolute Gasteiger partial charge is 0.386 e. The minimum absolute atomic E-state index is 0.0258. The Balaban J connectivity index is 2.02. The predicted molar refractivity (Wildman–Crippen MR) is 69.7 cm³/mol. The molecule has 0 spiro atoms. The smallest absolute Gasteiger partial charge is 0.253 e. The second-order valence-corrected chi connectivity index (χ2v) is 4.48. The molecule has 0 radical (unpaired) electrons. The van der Waals surface area contributed by atoms with Gasteiger partial charge in [0, 0.05) is 19.9 Å². The molecule has 1 aromatic heterocycles. The Morgan fingerprint density at radius 3 is 3.11 bits per heavy atom. The topological polar surface area (TPSA) is 63.2 Å². The Labute approximate surface area is 107 Å². The van der Waals surface area contributed by atoms with Crippen LogP contribution in [-0.4, -0.2) is 36.7 Å². The van der Waals surface area contributed by atoms with Gasteiger partial charge in [0.25, 0.3) is 5.91 Å². The lowest BCUT2D eigenvalue weighted by molar-refractivity contribution is 0.0713. The summed E-state index contributed by atoms with van der Waals surface area (Å²) in [6.07, 6.45) is 5.48. The molecule has 2 heterocycles. The van der Waals surface area contributed by atoms with Crippen LogP contribution in [0.3, 0.4) is 0 Å². The maximum atomic E-state index is 12.2. The van der Waals surface area contributed by atoms with E-state index >= 15 is 0 Å². The number of ether oxygens (including phenoxy) is 1. The quantitative estimate of drug-likeness (QED) is 0.847. The summed E-state index contributed by atoms with van der Waals surface area (Å²) in [7, 11) is 1.78. The van der Waals surface area contributed by atoms with Gasteiger partial charge in [-0.25, -0.2) is 0 Å². The number of pyridine rings is 1. The minimum Gasteiger partial charge on any atom is -0.386 e. The molecule has 1 amide bonds. The number of carbonyl (C=O) groups is 1. The van der Waals surface area contributed by atoms with Gasteiger partial charge in [0.1, 0.15) is 0 Å². The van der Waals surface area contributed by atoms with Gasteiger partial charge in [-0.1, -0.05) is 0 Å². The number of hydrogen-bond donors (Lipinski definition) is 2. The number of anilines is 1. The number of nitrogens with zero attached hydrogens (tertiary/aromatic N) is 1. The SMILES string of the molecule is CNc1cnccc1C(=O)NC(C)C1CCCO1. The fraction of sp³-hybridized carbons (Fsp3) is 0.538. The lowest BCUT2D eigenvalue weighted by Gasteiger charge is -2.20. The molecule has 0 aromatic carbocycles. The highest BCUT2D eigenvalue weighted by Gasteiger charge is 2.24. The fourth-order valence-corrected chi connectivity index (χ4v) is 2.17. The van der Waals surface area contributed by atoms with Crippen LogP contribution in [0.5, 0.6) is 0 Å². The monoisotopic (exact) mass is 249 g/mol. The molecule has 1 aromatic rings. The summed E-state index contributed by atoms with van der Waals surface area (Å²) < 4.78 is 5.57. The molecule has 1 aliphatic rings. The molecular formula is C13H19N3O2. The van der Waals surface area contributed by atoms with Gasteiger partial charge in [0.15, 0.2) is 0 Å². The second-order valence-electron chi connectivity index (χ2n) is 4.48. The Hall–Kier alpha value is -1.62. The van der Waals surface area contributed by atoms with Gasteiger partial charge in [-0.3, -0.25) is 9.78 Å². The lowest BCUT2D eigenvalue weighted by atomic mass is 10.1. The number of rotatable bonds is 4. The van der Waals surface area contributed by atoms with E-state index in [1.54, 1.807) is 25.5 Å². The first-order valence-corrected chi connectivity index (χ1v) is 6.26. The van der Waals surface area contributed by atoms with Gasteiger partial charge < -0.3 is 15.4 Å². The normalized spacial score (nSPS) is 20.4. The number of hydrogen-bond acceptors (Lipinski definition) is 4. The van der Waals surface area contributed by atoms with Crippen molar-refractivity contribution < 1.29 is 9.53 Å². The highest BCUT2D eigenvalue weighted by molar-refractivity contribution is 5.99. The first-order valence-electron chi connectivity index (χ1n) is 6.26. The van der Waals surface area contributed by atoms with Crippen LogP contribution in [0.15, 0.2) is 18.5 Å². The van der Waals surface area contributed by atoms with Gasteiger partial charge in [-0.2, -0.15) is 0 Å². The minimum atomic E-state index is -0.0928. The Morgan fingerprint density at radius 1 is 1.61 bits per heavy atom. The first kappa shape index (κ1) is 12.8. The Bertz CT molecular complexity index is 416. The molecule has 5 nitrogen and oxygen atoms in total. The van der Waals surface area contributed by atoms with Crippen molar-refractivity contribution in [2.45, 2.75) is 31.9 Å². The molecule has 2 atom stereocenters. The van der Waals surface area contributed by atoms with Crippen LogP contribution in [0.4, 0.5) is 5.69 Å². The van der Waals surface area contributed by atoms with Crippen molar-refractivity contribution in [1.82, 2.24) is 10.3 Å². The zero-order valence-electron chi connectivity index (χ0n) is 10.8. The van der Waals surface area contributed by atoms with E-state index in [0.717, 1.165) is 25.1 Å². The molecule has 0 aliphatic carbocycles. The third kappa shape index (κ3) is 2.79. The highest BCUT2D eigenvalue weighted by Crippen LogP contribution is 2.17. The molecule has 98 valence electrons. The van der Waals surface area contributed by atoms with E-state index in [0.29, 0.717) is 5.56 Å². The lowest BCUT2D eigenvalue weighted by Crippen LogP contribution is -2.41. The van der Waals surface area contributed by atoms with Crippen molar-refractivity contribution in [3.8, 4) is 0 Å². The van der Waals surface area contributed by atoms with Crippen molar-refractivity contribution in [1.29, 1.82) is 0 Å². The summed E-state index contributed by atoms with van der Waals surface area (Å²) >= 11 is 0. The van der Waals surface area contributed by atoms with Crippen LogP contribution < -0.4 is 10.6 Å². The summed E-state index contributed by atoms with van der Waals surface area (Å²) in [4.78, 5) is 16.1. The van der Waals surface area contributed by atoms with Crippen LogP contribution in [0.25, 0.3) is 0 Å². The van der Waals surface area contributed by atoms with Crippen molar-refractivity contribution in [2.75, 3.05) is 19.0 Å². The Morgan fingerprint density at radius 2 is 2.44 bits per heavy atom. The van der Waals surface area contributed by atoms with Gasteiger partial charge in [0.2, 0.25) is 0 Å². The summed E-state index contributed by atoms with van der Waals surface area (Å²) in [5, 5.41) is 5.95. The summed E-state index contributed by atoms with van der Waals surface area (Å²) in [6.45, 7) is 2.77. The number of nitrogens with one attached hydrogen (secondary N) is 2. The maximum Gasteiger partial charge on any atom is 0.253 e. The molecule has 18 heavy (non-hydrogen) atoms. The number of aromatic nitrogens is 1. The number of amides is 1. The molecule has 2 N–H and O–H groups in total.